The minimum atomic E-state index is 0.402. The Labute approximate surface area is 112 Å². The number of rotatable bonds is 6. The van der Waals surface area contributed by atoms with Crippen LogP contribution in [-0.4, -0.2) is 50.3 Å². The summed E-state index contributed by atoms with van der Waals surface area (Å²) >= 11 is 0. The van der Waals surface area contributed by atoms with E-state index in [1.54, 1.807) is 0 Å². The second-order valence-corrected chi connectivity index (χ2v) is 6.34. The molecular formula is C15H30N2O. The SMILES string of the molecule is CCCC1(CN(C)CC2CCCOC2)CCCN1. The van der Waals surface area contributed by atoms with Crippen molar-refractivity contribution in [3.05, 3.63) is 0 Å². The fourth-order valence-electron chi connectivity index (χ4n) is 3.75. The van der Waals surface area contributed by atoms with E-state index >= 15 is 0 Å². The molecule has 1 N–H and O–H groups in total. The van der Waals surface area contributed by atoms with Crippen LogP contribution in [0.1, 0.15) is 45.4 Å². The average molecular weight is 254 g/mol. The van der Waals surface area contributed by atoms with E-state index in [0.717, 1.165) is 19.1 Å². The lowest BCUT2D eigenvalue weighted by Gasteiger charge is -2.36. The van der Waals surface area contributed by atoms with Crippen molar-refractivity contribution in [2.24, 2.45) is 5.92 Å². The number of likely N-dealkylation sites (N-methyl/N-ethyl adjacent to an activating group) is 1. The van der Waals surface area contributed by atoms with Crippen LogP contribution in [0.3, 0.4) is 0 Å². The van der Waals surface area contributed by atoms with Gasteiger partial charge in [0.2, 0.25) is 0 Å². The van der Waals surface area contributed by atoms with Crippen LogP contribution >= 0.6 is 0 Å². The quantitative estimate of drug-likeness (QED) is 0.787. The van der Waals surface area contributed by atoms with Gasteiger partial charge in [-0.1, -0.05) is 13.3 Å². The van der Waals surface area contributed by atoms with Crippen molar-refractivity contribution in [3.63, 3.8) is 0 Å². The first-order valence-corrected chi connectivity index (χ1v) is 7.75. The first-order valence-electron chi connectivity index (χ1n) is 7.75. The van der Waals surface area contributed by atoms with Gasteiger partial charge in [-0.05, 0) is 51.6 Å². The lowest BCUT2D eigenvalue weighted by Crippen LogP contribution is -2.50. The summed E-state index contributed by atoms with van der Waals surface area (Å²) in [4.78, 5) is 2.54. The Morgan fingerprint density at radius 1 is 1.39 bits per heavy atom. The summed E-state index contributed by atoms with van der Waals surface area (Å²) in [5.41, 5.74) is 0.402. The molecular weight excluding hydrogens is 224 g/mol. The van der Waals surface area contributed by atoms with Crippen LogP contribution in [0.15, 0.2) is 0 Å². The molecule has 2 aliphatic heterocycles. The number of hydrogen-bond acceptors (Lipinski definition) is 3. The third-order valence-electron chi connectivity index (χ3n) is 4.46. The van der Waals surface area contributed by atoms with Gasteiger partial charge >= 0.3 is 0 Å². The highest BCUT2D eigenvalue weighted by Gasteiger charge is 2.33. The first kappa shape index (κ1) is 14.3. The summed E-state index contributed by atoms with van der Waals surface area (Å²) in [5, 5.41) is 3.77. The predicted molar refractivity (Wildman–Crippen MR) is 75.9 cm³/mol. The normalized spacial score (nSPS) is 33.2. The van der Waals surface area contributed by atoms with E-state index in [9.17, 15) is 0 Å². The van der Waals surface area contributed by atoms with Crippen molar-refractivity contribution in [2.75, 3.05) is 39.9 Å². The molecule has 2 heterocycles. The molecule has 3 heteroatoms. The topological polar surface area (TPSA) is 24.5 Å². The smallest absolute Gasteiger partial charge is 0.0506 e. The van der Waals surface area contributed by atoms with Crippen LogP contribution in [0.25, 0.3) is 0 Å². The summed E-state index contributed by atoms with van der Waals surface area (Å²) in [6.45, 7) is 7.86. The van der Waals surface area contributed by atoms with Gasteiger partial charge in [0, 0.05) is 25.2 Å². The number of nitrogens with zero attached hydrogens (tertiary/aromatic N) is 1. The van der Waals surface area contributed by atoms with Crippen molar-refractivity contribution >= 4 is 0 Å². The zero-order valence-electron chi connectivity index (χ0n) is 12.2. The molecule has 2 fully saturated rings. The summed E-state index contributed by atoms with van der Waals surface area (Å²) in [6.07, 6.45) is 7.90. The molecule has 106 valence electrons. The molecule has 2 rings (SSSR count). The van der Waals surface area contributed by atoms with Crippen molar-refractivity contribution in [3.8, 4) is 0 Å². The van der Waals surface area contributed by atoms with Crippen LogP contribution < -0.4 is 5.32 Å². The van der Waals surface area contributed by atoms with Crippen molar-refractivity contribution < 1.29 is 4.74 Å². The van der Waals surface area contributed by atoms with E-state index in [1.807, 2.05) is 0 Å². The zero-order valence-corrected chi connectivity index (χ0v) is 12.2. The van der Waals surface area contributed by atoms with Gasteiger partial charge < -0.3 is 15.0 Å². The molecule has 2 unspecified atom stereocenters. The molecule has 0 spiro atoms. The fraction of sp³-hybridized carbons (Fsp3) is 1.00. The highest BCUT2D eigenvalue weighted by atomic mass is 16.5. The van der Waals surface area contributed by atoms with E-state index in [1.165, 1.54) is 58.2 Å². The molecule has 2 saturated heterocycles. The molecule has 0 saturated carbocycles. The Morgan fingerprint density at radius 2 is 2.28 bits per heavy atom. The van der Waals surface area contributed by atoms with Gasteiger partial charge in [0.25, 0.3) is 0 Å². The summed E-state index contributed by atoms with van der Waals surface area (Å²) < 4.78 is 5.58. The Hall–Kier alpha value is -0.120. The molecule has 2 aliphatic rings. The van der Waals surface area contributed by atoms with Gasteiger partial charge in [-0.3, -0.25) is 0 Å². The molecule has 2 atom stereocenters. The standard InChI is InChI=1S/C15H30N2O/c1-3-7-15(8-5-9-16-15)13-17(2)11-14-6-4-10-18-12-14/h14,16H,3-13H2,1-2H3. The van der Waals surface area contributed by atoms with Crippen LogP contribution in [0.2, 0.25) is 0 Å². The van der Waals surface area contributed by atoms with E-state index in [0.29, 0.717) is 5.54 Å². The Bertz CT molecular complexity index is 233. The lowest BCUT2D eigenvalue weighted by atomic mass is 9.90. The monoisotopic (exact) mass is 254 g/mol. The van der Waals surface area contributed by atoms with Gasteiger partial charge in [-0.25, -0.2) is 0 Å². The van der Waals surface area contributed by atoms with Gasteiger partial charge in [0.15, 0.2) is 0 Å². The van der Waals surface area contributed by atoms with Crippen LogP contribution in [0, 0.1) is 5.92 Å². The molecule has 0 aromatic carbocycles. The third-order valence-corrected chi connectivity index (χ3v) is 4.46. The minimum Gasteiger partial charge on any atom is -0.381 e. The average Bonchev–Trinajstić information content (AvgIpc) is 2.79. The van der Waals surface area contributed by atoms with E-state index in [4.69, 9.17) is 4.74 Å². The van der Waals surface area contributed by atoms with E-state index in [2.05, 4.69) is 24.2 Å². The van der Waals surface area contributed by atoms with Crippen molar-refractivity contribution in [1.82, 2.24) is 10.2 Å². The predicted octanol–water partition coefficient (Wildman–Crippen LogP) is 2.27. The lowest BCUT2D eigenvalue weighted by molar-refractivity contribution is 0.0382. The molecule has 0 radical (unpaired) electrons. The largest absolute Gasteiger partial charge is 0.381 e. The zero-order chi connectivity index (χ0) is 12.8. The highest BCUT2D eigenvalue weighted by molar-refractivity contribution is 4.95. The summed E-state index contributed by atoms with van der Waals surface area (Å²) in [6, 6.07) is 0. The maximum absolute atomic E-state index is 5.58. The highest BCUT2D eigenvalue weighted by Crippen LogP contribution is 2.26. The Morgan fingerprint density at radius 3 is 2.89 bits per heavy atom. The van der Waals surface area contributed by atoms with Crippen molar-refractivity contribution in [1.29, 1.82) is 0 Å². The molecule has 0 aromatic rings. The number of hydrogen-bond donors (Lipinski definition) is 1. The number of ether oxygens (including phenoxy) is 1. The maximum atomic E-state index is 5.58. The summed E-state index contributed by atoms with van der Waals surface area (Å²) in [5.74, 6) is 0.754. The van der Waals surface area contributed by atoms with Gasteiger partial charge in [0.05, 0.1) is 6.61 Å². The Kier molecular flexibility index (Phi) is 5.46. The van der Waals surface area contributed by atoms with Crippen LogP contribution in [0.4, 0.5) is 0 Å². The Balaban J connectivity index is 1.78. The van der Waals surface area contributed by atoms with Gasteiger partial charge in [-0.15, -0.1) is 0 Å². The van der Waals surface area contributed by atoms with Crippen LogP contribution in [-0.2, 0) is 4.74 Å². The molecule has 3 nitrogen and oxygen atoms in total. The third kappa shape index (κ3) is 3.94. The second kappa shape index (κ2) is 6.88. The maximum Gasteiger partial charge on any atom is 0.0506 e. The van der Waals surface area contributed by atoms with E-state index in [-0.39, 0.29) is 0 Å². The number of nitrogens with one attached hydrogen (secondary N) is 1. The minimum absolute atomic E-state index is 0.402. The van der Waals surface area contributed by atoms with E-state index < -0.39 is 0 Å². The first-order chi connectivity index (χ1) is 8.74. The molecule has 0 amide bonds. The second-order valence-electron chi connectivity index (χ2n) is 6.34. The molecule has 0 aromatic heterocycles. The van der Waals surface area contributed by atoms with Gasteiger partial charge in [0.1, 0.15) is 0 Å². The van der Waals surface area contributed by atoms with Gasteiger partial charge in [-0.2, -0.15) is 0 Å². The fourth-order valence-corrected chi connectivity index (χ4v) is 3.75. The van der Waals surface area contributed by atoms with Crippen LogP contribution in [0.5, 0.6) is 0 Å². The summed E-state index contributed by atoms with van der Waals surface area (Å²) in [7, 11) is 2.28. The molecule has 18 heavy (non-hydrogen) atoms. The molecule has 0 bridgehead atoms. The molecule has 0 aliphatic carbocycles. The van der Waals surface area contributed by atoms with Crippen molar-refractivity contribution in [2.45, 2.75) is 51.0 Å².